The third kappa shape index (κ3) is 4.12. The fraction of sp³-hybridized carbons (Fsp3) is 0. The van der Waals surface area contributed by atoms with Gasteiger partial charge in [-0.2, -0.15) is 0 Å². The lowest BCUT2D eigenvalue weighted by atomic mass is 10.1. The van der Waals surface area contributed by atoms with Gasteiger partial charge in [-0.05, 0) is 59.3 Å². The molecule has 0 bridgehead atoms. The van der Waals surface area contributed by atoms with E-state index in [0.717, 1.165) is 0 Å². The smallest absolute Gasteiger partial charge is 0.144 e. The van der Waals surface area contributed by atoms with Crippen LogP contribution in [0.25, 0.3) is 10.8 Å². The normalized spacial score (nSPS) is 10.7. The van der Waals surface area contributed by atoms with Crippen molar-refractivity contribution in [1.29, 1.82) is 0 Å². The first kappa shape index (κ1) is 23.0. The average Bonchev–Trinajstić information content (AvgIpc) is 2.82. The molecule has 0 fully saturated rings. The Balaban J connectivity index is 0.00000136. The van der Waals surface area contributed by atoms with Gasteiger partial charge in [0.25, 0.3) is 0 Å². The summed E-state index contributed by atoms with van der Waals surface area (Å²) in [6.45, 7) is 0. The maximum Gasteiger partial charge on any atom is 0.144 e. The summed E-state index contributed by atoms with van der Waals surface area (Å²) in [5.74, 6) is 0. The van der Waals surface area contributed by atoms with Crippen LogP contribution < -0.4 is 21.2 Å². The number of halogens is 2. The van der Waals surface area contributed by atoms with Crippen molar-refractivity contribution in [3.05, 3.63) is 133 Å². The van der Waals surface area contributed by atoms with Crippen LogP contribution in [-0.2, 0) is 0 Å². The third-order valence-corrected chi connectivity index (χ3v) is 9.82. The molecule has 0 N–H and O–H groups in total. The topological polar surface area (TPSA) is 0 Å². The summed E-state index contributed by atoms with van der Waals surface area (Å²) in [4.78, 5) is 0. The number of hydrogen-bond donors (Lipinski definition) is 0. The van der Waals surface area contributed by atoms with Crippen LogP contribution in [0, 0.1) is 0 Å². The van der Waals surface area contributed by atoms with E-state index in [1.807, 2.05) is 0 Å². The standard InChI is InChI=1S/C28H22P.2ClH/c1-4-14-25(15-5-1)29(26-16-6-2-7-17-26,27-18-8-3-9-19-27)28-21-20-23-12-10-11-13-24(23)22-28;;/h1-22H;2*1H/q+1;;. The maximum absolute atomic E-state index is 2.40. The predicted molar refractivity (Wildman–Crippen MR) is 143 cm³/mol. The van der Waals surface area contributed by atoms with Gasteiger partial charge >= 0.3 is 0 Å². The van der Waals surface area contributed by atoms with E-state index in [1.165, 1.54) is 32.0 Å². The number of hydrogen-bond acceptors (Lipinski definition) is 0. The molecule has 0 nitrogen and oxygen atoms in total. The van der Waals surface area contributed by atoms with Gasteiger partial charge in [0.05, 0.1) is 0 Å². The van der Waals surface area contributed by atoms with Gasteiger partial charge in [-0.1, -0.05) is 84.9 Å². The van der Waals surface area contributed by atoms with Crippen LogP contribution in [0.15, 0.2) is 133 Å². The van der Waals surface area contributed by atoms with Gasteiger partial charge in [0.15, 0.2) is 0 Å². The molecule has 0 aliphatic rings. The van der Waals surface area contributed by atoms with Crippen LogP contribution in [0.1, 0.15) is 0 Å². The van der Waals surface area contributed by atoms with Gasteiger partial charge in [0.2, 0.25) is 0 Å². The van der Waals surface area contributed by atoms with Crippen LogP contribution in [-0.4, -0.2) is 0 Å². The van der Waals surface area contributed by atoms with E-state index in [1.54, 1.807) is 0 Å². The number of fused-ring (bicyclic) bond motifs is 1. The molecule has 5 aromatic rings. The highest BCUT2D eigenvalue weighted by atomic mass is 35.5. The fourth-order valence-corrected chi connectivity index (χ4v) is 8.51. The van der Waals surface area contributed by atoms with Gasteiger partial charge in [-0.3, -0.25) is 0 Å². The summed E-state index contributed by atoms with van der Waals surface area (Å²) in [7, 11) is -2.01. The molecule has 0 aliphatic carbocycles. The Morgan fingerprint density at radius 2 is 0.710 bits per heavy atom. The zero-order valence-electron chi connectivity index (χ0n) is 17.0. The van der Waals surface area contributed by atoms with Crippen molar-refractivity contribution in [3.63, 3.8) is 0 Å². The quantitative estimate of drug-likeness (QED) is 0.275. The van der Waals surface area contributed by atoms with Crippen LogP contribution in [0.4, 0.5) is 0 Å². The molecule has 0 aliphatic heterocycles. The summed E-state index contributed by atoms with van der Waals surface area (Å²) in [5, 5.41) is 8.11. The minimum absolute atomic E-state index is 0. The van der Waals surface area contributed by atoms with Gasteiger partial charge in [-0.15, -0.1) is 24.8 Å². The van der Waals surface area contributed by atoms with Crippen molar-refractivity contribution in [2.45, 2.75) is 0 Å². The molecule has 0 heterocycles. The molecule has 0 aromatic heterocycles. The third-order valence-electron chi connectivity index (χ3n) is 5.55. The summed E-state index contributed by atoms with van der Waals surface area (Å²) < 4.78 is 0. The highest BCUT2D eigenvalue weighted by Gasteiger charge is 2.47. The Bertz CT molecular complexity index is 1140. The van der Waals surface area contributed by atoms with Crippen LogP contribution in [0.3, 0.4) is 0 Å². The fourth-order valence-electron chi connectivity index (χ4n) is 4.23. The highest BCUT2D eigenvalue weighted by molar-refractivity contribution is 8.01. The van der Waals surface area contributed by atoms with E-state index < -0.39 is 7.26 Å². The lowest BCUT2D eigenvalue weighted by Crippen LogP contribution is -2.38. The van der Waals surface area contributed by atoms with Gasteiger partial charge in [-0.25, -0.2) is 0 Å². The van der Waals surface area contributed by atoms with E-state index in [9.17, 15) is 0 Å². The molecule has 5 aromatic carbocycles. The van der Waals surface area contributed by atoms with Gasteiger partial charge in [0.1, 0.15) is 28.5 Å². The van der Waals surface area contributed by atoms with Crippen molar-refractivity contribution in [1.82, 2.24) is 0 Å². The molecule has 0 saturated carbocycles. The van der Waals surface area contributed by atoms with Crippen molar-refractivity contribution in [2.24, 2.45) is 0 Å². The molecule has 0 spiro atoms. The second-order valence-electron chi connectivity index (χ2n) is 7.21. The Morgan fingerprint density at radius 3 is 1.16 bits per heavy atom. The number of rotatable bonds is 4. The molecule has 0 radical (unpaired) electrons. The van der Waals surface area contributed by atoms with Crippen molar-refractivity contribution in [3.8, 4) is 0 Å². The molecule has 0 unspecified atom stereocenters. The SMILES string of the molecule is Cl.Cl.c1ccc([P+](c2ccccc2)(c2ccccc2)c2ccc3ccccc3c2)cc1. The largest absolute Gasteiger partial charge is 0.147 e. The number of benzene rings is 5. The zero-order valence-corrected chi connectivity index (χ0v) is 19.5. The Morgan fingerprint density at radius 1 is 0.323 bits per heavy atom. The average molecular weight is 462 g/mol. The molecular formula is C28H24Cl2P+. The van der Waals surface area contributed by atoms with Crippen molar-refractivity contribution in [2.75, 3.05) is 0 Å². The lowest BCUT2D eigenvalue weighted by Gasteiger charge is -2.27. The first-order chi connectivity index (χ1) is 14.4. The first-order valence-corrected chi connectivity index (χ1v) is 11.7. The molecule has 5 rings (SSSR count). The van der Waals surface area contributed by atoms with Crippen LogP contribution in [0.2, 0.25) is 0 Å². The summed E-state index contributed by atoms with van der Waals surface area (Å²) in [5.41, 5.74) is 0. The highest BCUT2D eigenvalue weighted by Crippen LogP contribution is 2.54. The molecule has 154 valence electrons. The maximum atomic E-state index is 2.40. The zero-order chi connectivity index (χ0) is 19.5. The summed E-state index contributed by atoms with van der Waals surface area (Å²) in [6.07, 6.45) is 0. The van der Waals surface area contributed by atoms with E-state index in [4.69, 9.17) is 0 Å². The molecule has 0 atom stereocenters. The van der Waals surface area contributed by atoms with E-state index >= 15 is 0 Å². The van der Waals surface area contributed by atoms with Crippen molar-refractivity contribution >= 4 is 64.1 Å². The first-order valence-electron chi connectivity index (χ1n) is 9.94. The lowest BCUT2D eigenvalue weighted by molar-refractivity contribution is 1.71. The predicted octanol–water partition coefficient (Wildman–Crippen LogP) is 6.30. The van der Waals surface area contributed by atoms with E-state index in [-0.39, 0.29) is 24.8 Å². The molecule has 0 amide bonds. The van der Waals surface area contributed by atoms with Crippen LogP contribution in [0.5, 0.6) is 0 Å². The summed E-state index contributed by atoms with van der Waals surface area (Å²) >= 11 is 0. The van der Waals surface area contributed by atoms with E-state index in [0.29, 0.717) is 0 Å². The molecule has 0 saturated heterocycles. The van der Waals surface area contributed by atoms with Crippen LogP contribution >= 0.6 is 32.1 Å². The Kier molecular flexibility index (Phi) is 7.52. The minimum atomic E-state index is -2.01. The van der Waals surface area contributed by atoms with Gasteiger partial charge < -0.3 is 0 Å². The summed E-state index contributed by atoms with van der Waals surface area (Å²) in [6, 6.07) is 48.7. The Labute approximate surface area is 197 Å². The van der Waals surface area contributed by atoms with Crippen molar-refractivity contribution < 1.29 is 0 Å². The molecule has 3 heteroatoms. The molecule has 31 heavy (non-hydrogen) atoms. The van der Waals surface area contributed by atoms with E-state index in [2.05, 4.69) is 133 Å². The second kappa shape index (κ2) is 10.1. The second-order valence-corrected chi connectivity index (χ2v) is 10.6. The Hall–Kier alpha value is -2.63. The van der Waals surface area contributed by atoms with Gasteiger partial charge in [0, 0.05) is 0 Å². The monoisotopic (exact) mass is 461 g/mol. The minimum Gasteiger partial charge on any atom is -0.147 e. The molecular weight excluding hydrogens is 438 g/mol.